The minimum absolute atomic E-state index is 0.0606. The van der Waals surface area contributed by atoms with Gasteiger partial charge in [0.2, 0.25) is 0 Å². The lowest BCUT2D eigenvalue weighted by atomic mass is 10.0. The zero-order valence-corrected chi connectivity index (χ0v) is 29.0. The molecule has 0 unspecified atom stereocenters. The van der Waals surface area contributed by atoms with Crippen molar-refractivity contribution in [1.82, 2.24) is 4.57 Å². The number of fused-ring (bicyclic) bond motifs is 3. The van der Waals surface area contributed by atoms with E-state index in [1.165, 1.54) is 19.3 Å². The van der Waals surface area contributed by atoms with E-state index in [1.54, 1.807) is 0 Å². The Hall–Kier alpha value is -5.01. The number of likely N-dealkylation sites (tertiary alicyclic amines) is 1. The van der Waals surface area contributed by atoms with Crippen molar-refractivity contribution in [2.45, 2.75) is 45.1 Å². The standard InChI is InChI=1S/C42H47N4O3/c1-43-20-15-32(16-21-43)7-9-34-11-13-41-39(27-34)40-28-35(10-8-33-17-22-44(2)23-18-33)12-14-42(40)45(41)31-38(49)30-37(48)29-36(47)19-26-46(3)24-5-4-6-25-46/h7-18,20-23,27-28H,4-6,19,24-26,29-31H2,1-3H3/q+3. The minimum atomic E-state index is -0.291. The molecule has 0 bridgehead atoms. The normalized spacial score (nSPS) is 14.7. The van der Waals surface area contributed by atoms with Crippen LogP contribution in [0.3, 0.4) is 0 Å². The first kappa shape index (κ1) is 33.9. The zero-order chi connectivity index (χ0) is 34.4. The molecule has 1 fully saturated rings. The fourth-order valence-corrected chi connectivity index (χ4v) is 6.87. The molecular weight excluding hydrogens is 608 g/mol. The Labute approximate surface area is 289 Å². The molecule has 0 atom stereocenters. The summed E-state index contributed by atoms with van der Waals surface area (Å²) in [5, 5.41) is 2.09. The molecule has 7 heteroatoms. The van der Waals surface area contributed by atoms with Gasteiger partial charge in [-0.25, -0.2) is 9.13 Å². The van der Waals surface area contributed by atoms with E-state index in [4.69, 9.17) is 0 Å². The van der Waals surface area contributed by atoms with E-state index in [0.29, 0.717) is 6.42 Å². The van der Waals surface area contributed by atoms with Gasteiger partial charge in [0, 0.05) is 46.1 Å². The van der Waals surface area contributed by atoms with E-state index < -0.39 is 0 Å². The molecule has 1 aliphatic rings. The van der Waals surface area contributed by atoms with Gasteiger partial charge in [-0.1, -0.05) is 36.4 Å². The van der Waals surface area contributed by atoms with E-state index in [1.807, 2.05) is 52.6 Å². The number of Topliss-reactive ketones (excluding diaryl/α,β-unsaturated/α-hetero) is 3. The van der Waals surface area contributed by atoms with E-state index in [0.717, 1.165) is 68.2 Å². The van der Waals surface area contributed by atoms with Crippen LogP contribution in [0.25, 0.3) is 46.1 Å². The molecule has 0 amide bonds. The minimum Gasteiger partial charge on any atom is -0.333 e. The number of ketones is 3. The van der Waals surface area contributed by atoms with Crippen molar-refractivity contribution >= 4 is 63.5 Å². The predicted octanol–water partition coefficient (Wildman–Crippen LogP) is 6.29. The Morgan fingerprint density at radius 1 is 0.633 bits per heavy atom. The monoisotopic (exact) mass is 655 g/mol. The number of benzene rings is 2. The lowest BCUT2D eigenvalue weighted by Crippen LogP contribution is -2.48. The highest BCUT2D eigenvalue weighted by molar-refractivity contribution is 6.11. The summed E-state index contributed by atoms with van der Waals surface area (Å²) in [5.74, 6) is -0.537. The fourth-order valence-electron chi connectivity index (χ4n) is 6.87. The van der Waals surface area contributed by atoms with Crippen LogP contribution in [0, 0.1) is 0 Å². The second-order valence-corrected chi connectivity index (χ2v) is 14.0. The van der Waals surface area contributed by atoms with E-state index in [2.05, 4.69) is 92.0 Å². The quantitative estimate of drug-likeness (QED) is 0.0851. The number of quaternary nitrogens is 1. The van der Waals surface area contributed by atoms with Gasteiger partial charge in [-0.05, 0) is 65.8 Å². The zero-order valence-electron chi connectivity index (χ0n) is 29.0. The Bertz CT molecular complexity index is 1930. The van der Waals surface area contributed by atoms with Gasteiger partial charge in [0.05, 0.1) is 52.5 Å². The van der Waals surface area contributed by atoms with Gasteiger partial charge in [0.25, 0.3) is 0 Å². The molecule has 1 aliphatic heterocycles. The van der Waals surface area contributed by atoms with Crippen molar-refractivity contribution in [2.24, 2.45) is 14.1 Å². The molecule has 6 rings (SSSR count). The Balaban J connectivity index is 1.23. The van der Waals surface area contributed by atoms with Gasteiger partial charge in [-0.2, -0.15) is 0 Å². The molecule has 1 saturated heterocycles. The highest BCUT2D eigenvalue weighted by atomic mass is 16.2. The number of rotatable bonds is 13. The third kappa shape index (κ3) is 8.72. The summed E-state index contributed by atoms with van der Waals surface area (Å²) < 4.78 is 6.93. The third-order valence-electron chi connectivity index (χ3n) is 9.81. The number of piperidine rings is 1. The number of hydrogen-bond acceptors (Lipinski definition) is 3. The second-order valence-electron chi connectivity index (χ2n) is 14.0. The summed E-state index contributed by atoms with van der Waals surface area (Å²) in [5.41, 5.74) is 6.20. The van der Waals surface area contributed by atoms with Crippen molar-refractivity contribution in [3.63, 3.8) is 0 Å². The molecule has 5 aromatic rings. The molecule has 7 nitrogen and oxygen atoms in total. The maximum absolute atomic E-state index is 13.4. The topological polar surface area (TPSA) is 63.9 Å². The SMILES string of the molecule is C[n+]1ccc(/C=C/c2ccc3c(c2)c2cc(/C=C/c4cc[n+](C)cc4)ccc2n3CC(=O)CC(=O)CC(=O)CC[N+]2(C)CCCCC2)cc1. The van der Waals surface area contributed by atoms with Crippen LogP contribution in [0.15, 0.2) is 85.5 Å². The van der Waals surface area contributed by atoms with E-state index in [9.17, 15) is 14.4 Å². The summed E-state index contributed by atoms with van der Waals surface area (Å²) in [6.45, 7) is 3.02. The van der Waals surface area contributed by atoms with Crippen LogP contribution in [-0.2, 0) is 35.0 Å². The Morgan fingerprint density at radius 2 is 1.10 bits per heavy atom. The van der Waals surface area contributed by atoms with Crippen molar-refractivity contribution in [2.75, 3.05) is 26.7 Å². The molecule has 0 aliphatic carbocycles. The van der Waals surface area contributed by atoms with Gasteiger partial charge < -0.3 is 9.05 Å². The maximum Gasteiger partial charge on any atom is 0.169 e. The van der Waals surface area contributed by atoms with Gasteiger partial charge in [0.1, 0.15) is 25.7 Å². The van der Waals surface area contributed by atoms with Crippen LogP contribution >= 0.6 is 0 Å². The number of carbonyl (C=O) groups is 3. The first-order valence-electron chi connectivity index (χ1n) is 17.4. The number of aromatic nitrogens is 3. The molecule has 4 heterocycles. The van der Waals surface area contributed by atoms with Crippen LogP contribution in [0.2, 0.25) is 0 Å². The molecule has 0 saturated carbocycles. The molecule has 49 heavy (non-hydrogen) atoms. The molecule has 0 spiro atoms. The highest BCUT2D eigenvalue weighted by Gasteiger charge is 2.26. The van der Waals surface area contributed by atoms with Crippen LogP contribution in [0.1, 0.15) is 60.8 Å². The van der Waals surface area contributed by atoms with Crippen LogP contribution in [0.5, 0.6) is 0 Å². The number of pyridine rings is 2. The van der Waals surface area contributed by atoms with Crippen LogP contribution in [0.4, 0.5) is 0 Å². The van der Waals surface area contributed by atoms with E-state index in [-0.39, 0.29) is 36.7 Å². The van der Waals surface area contributed by atoms with Crippen LogP contribution < -0.4 is 9.13 Å². The first-order chi connectivity index (χ1) is 23.6. The highest BCUT2D eigenvalue weighted by Crippen LogP contribution is 2.32. The number of hydrogen-bond donors (Lipinski definition) is 0. The Morgan fingerprint density at radius 3 is 1.61 bits per heavy atom. The average Bonchev–Trinajstić information content (AvgIpc) is 3.38. The first-order valence-corrected chi connectivity index (χ1v) is 17.4. The van der Waals surface area contributed by atoms with Crippen molar-refractivity contribution < 1.29 is 28.0 Å². The largest absolute Gasteiger partial charge is 0.333 e. The lowest BCUT2D eigenvalue weighted by molar-refractivity contribution is -0.913. The summed E-state index contributed by atoms with van der Waals surface area (Å²) in [7, 11) is 6.20. The van der Waals surface area contributed by atoms with Gasteiger partial charge in [-0.15, -0.1) is 0 Å². The molecule has 2 aromatic carbocycles. The molecule has 0 N–H and O–H groups in total. The summed E-state index contributed by atoms with van der Waals surface area (Å²) in [4.78, 5) is 39.0. The molecule has 250 valence electrons. The Kier molecular flexibility index (Phi) is 10.4. The van der Waals surface area contributed by atoms with Gasteiger partial charge in [0.15, 0.2) is 30.6 Å². The second kappa shape index (κ2) is 15.0. The molecule has 3 aromatic heterocycles. The number of nitrogens with zero attached hydrogens (tertiary/aromatic N) is 4. The lowest BCUT2D eigenvalue weighted by Gasteiger charge is -2.37. The van der Waals surface area contributed by atoms with Gasteiger partial charge >= 0.3 is 0 Å². The average molecular weight is 656 g/mol. The third-order valence-corrected chi connectivity index (χ3v) is 9.81. The van der Waals surface area contributed by atoms with Crippen molar-refractivity contribution in [3.8, 4) is 0 Å². The number of carbonyl (C=O) groups excluding carboxylic acids is 3. The summed E-state index contributed by atoms with van der Waals surface area (Å²) in [6.07, 6.45) is 20.1. The summed E-state index contributed by atoms with van der Waals surface area (Å²) >= 11 is 0. The van der Waals surface area contributed by atoms with Crippen LogP contribution in [-0.4, -0.2) is 53.1 Å². The smallest absolute Gasteiger partial charge is 0.169 e. The maximum atomic E-state index is 13.4. The predicted molar refractivity (Wildman–Crippen MR) is 196 cm³/mol. The van der Waals surface area contributed by atoms with Gasteiger partial charge in [-0.3, -0.25) is 14.4 Å². The fraction of sp³-hybridized carbons (Fsp3) is 0.310. The number of aryl methyl sites for hydroxylation is 2. The van der Waals surface area contributed by atoms with Crippen molar-refractivity contribution in [3.05, 3.63) is 108 Å². The van der Waals surface area contributed by atoms with Crippen molar-refractivity contribution in [1.29, 1.82) is 0 Å². The molecule has 0 radical (unpaired) electrons. The molecular formula is C42H47N4O3+3. The van der Waals surface area contributed by atoms with E-state index >= 15 is 0 Å². The summed E-state index contributed by atoms with van der Waals surface area (Å²) in [6, 6.07) is 20.9.